The molecule has 0 saturated heterocycles. The van der Waals surface area contributed by atoms with Crippen LogP contribution in [0.3, 0.4) is 0 Å². The van der Waals surface area contributed by atoms with Crippen LogP contribution < -0.4 is 10.1 Å². The lowest BCUT2D eigenvalue weighted by Crippen LogP contribution is -2.14. The largest absolute Gasteiger partial charge is 0.497 e. The molecule has 0 aromatic heterocycles. The molecule has 16 heavy (non-hydrogen) atoms. The lowest BCUT2D eigenvalue weighted by Gasteiger charge is -2.06. The van der Waals surface area contributed by atoms with E-state index in [-0.39, 0.29) is 5.78 Å². The van der Waals surface area contributed by atoms with Gasteiger partial charge in [0.1, 0.15) is 11.5 Å². The van der Waals surface area contributed by atoms with Crippen molar-refractivity contribution in [3.63, 3.8) is 0 Å². The fraction of sp³-hybridized carbons (Fsp3) is 0.417. The minimum Gasteiger partial charge on any atom is -0.497 e. The van der Waals surface area contributed by atoms with Gasteiger partial charge in [-0.05, 0) is 30.8 Å². The first kappa shape index (κ1) is 13.2. The molecule has 0 fully saturated rings. The second kappa shape index (κ2) is 6.66. The third-order valence-electron chi connectivity index (χ3n) is 2.29. The summed E-state index contributed by atoms with van der Waals surface area (Å²) in [5, 5.41) is 2.96. The summed E-state index contributed by atoms with van der Waals surface area (Å²) in [4.78, 5) is 11.6. The second-order valence-corrected chi connectivity index (χ2v) is 4.38. The Morgan fingerprint density at radius 3 is 2.88 bits per heavy atom. The van der Waals surface area contributed by atoms with Crippen molar-refractivity contribution in [2.45, 2.75) is 12.8 Å². The van der Waals surface area contributed by atoms with Gasteiger partial charge in [0.05, 0.1) is 7.11 Å². The first-order valence-corrected chi connectivity index (χ1v) is 5.95. The van der Waals surface area contributed by atoms with Gasteiger partial charge >= 0.3 is 0 Å². The van der Waals surface area contributed by atoms with Gasteiger partial charge in [-0.15, -0.1) is 0 Å². The maximum Gasteiger partial charge on any atom is 0.138 e. The Labute approximate surface area is 104 Å². The van der Waals surface area contributed by atoms with Crippen LogP contribution >= 0.6 is 15.9 Å². The monoisotopic (exact) mass is 285 g/mol. The molecule has 0 atom stereocenters. The second-order valence-electron chi connectivity index (χ2n) is 3.53. The number of ketones is 1. The molecule has 0 saturated carbocycles. The Bertz CT molecular complexity index is 366. The van der Waals surface area contributed by atoms with Crippen LogP contribution in [0, 0.1) is 0 Å². The minimum absolute atomic E-state index is 0.225. The number of hydrogen-bond acceptors (Lipinski definition) is 3. The molecule has 0 amide bonds. The Balaban J connectivity index is 2.68. The van der Waals surface area contributed by atoms with Crippen molar-refractivity contribution in [1.29, 1.82) is 0 Å². The number of benzene rings is 1. The number of hydrogen-bond donors (Lipinski definition) is 1. The van der Waals surface area contributed by atoms with Gasteiger partial charge in [-0.1, -0.05) is 15.9 Å². The van der Waals surface area contributed by atoms with E-state index in [4.69, 9.17) is 4.74 Å². The third-order valence-corrected chi connectivity index (χ3v) is 3.07. The number of methoxy groups -OCH3 is 1. The highest BCUT2D eigenvalue weighted by molar-refractivity contribution is 9.10. The van der Waals surface area contributed by atoms with Crippen molar-refractivity contribution in [1.82, 2.24) is 5.32 Å². The van der Waals surface area contributed by atoms with Crippen LogP contribution in [0.25, 0.3) is 0 Å². The SMILES string of the molecule is CNCCC(=O)Cc1cc(OC)ccc1Br. The lowest BCUT2D eigenvalue weighted by atomic mass is 10.1. The summed E-state index contributed by atoms with van der Waals surface area (Å²) in [7, 11) is 3.46. The van der Waals surface area contributed by atoms with Crippen molar-refractivity contribution in [2.24, 2.45) is 0 Å². The summed E-state index contributed by atoms with van der Waals surface area (Å²) in [5.41, 5.74) is 0.973. The van der Waals surface area contributed by atoms with E-state index in [0.29, 0.717) is 12.8 Å². The normalized spacial score (nSPS) is 10.2. The van der Waals surface area contributed by atoms with Gasteiger partial charge in [-0.3, -0.25) is 4.79 Å². The zero-order valence-corrected chi connectivity index (χ0v) is 11.1. The smallest absolute Gasteiger partial charge is 0.138 e. The Morgan fingerprint density at radius 2 is 2.25 bits per heavy atom. The van der Waals surface area contributed by atoms with Crippen LogP contribution in [0.2, 0.25) is 0 Å². The van der Waals surface area contributed by atoms with Crippen molar-refractivity contribution >= 4 is 21.7 Å². The summed E-state index contributed by atoms with van der Waals surface area (Å²) in [5.74, 6) is 1.00. The van der Waals surface area contributed by atoms with E-state index in [0.717, 1.165) is 22.3 Å². The highest BCUT2D eigenvalue weighted by Crippen LogP contribution is 2.23. The zero-order valence-electron chi connectivity index (χ0n) is 9.55. The van der Waals surface area contributed by atoms with Gasteiger partial charge in [0, 0.05) is 23.9 Å². The number of halogens is 1. The average molecular weight is 286 g/mol. The third kappa shape index (κ3) is 3.94. The maximum absolute atomic E-state index is 11.6. The van der Waals surface area contributed by atoms with E-state index in [1.54, 1.807) is 7.11 Å². The molecule has 1 aromatic rings. The predicted molar refractivity (Wildman–Crippen MR) is 67.9 cm³/mol. The van der Waals surface area contributed by atoms with Crippen LogP contribution in [0.1, 0.15) is 12.0 Å². The van der Waals surface area contributed by atoms with Gasteiger partial charge in [0.15, 0.2) is 0 Å². The van der Waals surface area contributed by atoms with E-state index in [1.165, 1.54) is 0 Å². The average Bonchev–Trinajstić information content (AvgIpc) is 2.29. The molecule has 1 aromatic carbocycles. The lowest BCUT2D eigenvalue weighted by molar-refractivity contribution is -0.118. The van der Waals surface area contributed by atoms with Crippen molar-refractivity contribution < 1.29 is 9.53 Å². The molecule has 0 aliphatic rings. The molecule has 3 nitrogen and oxygen atoms in total. The summed E-state index contributed by atoms with van der Waals surface area (Å²) in [6, 6.07) is 5.66. The molecule has 0 bridgehead atoms. The van der Waals surface area contributed by atoms with Crippen LogP contribution in [0.4, 0.5) is 0 Å². The molecule has 0 aliphatic heterocycles. The Kier molecular flexibility index (Phi) is 5.49. The van der Waals surface area contributed by atoms with Crippen LogP contribution in [-0.4, -0.2) is 26.5 Å². The van der Waals surface area contributed by atoms with Gasteiger partial charge in [0.25, 0.3) is 0 Å². The van der Waals surface area contributed by atoms with Gasteiger partial charge in [-0.25, -0.2) is 0 Å². The van der Waals surface area contributed by atoms with Gasteiger partial charge in [0.2, 0.25) is 0 Å². The summed E-state index contributed by atoms with van der Waals surface area (Å²) >= 11 is 3.43. The van der Waals surface area contributed by atoms with Crippen LogP contribution in [0.15, 0.2) is 22.7 Å². The van der Waals surface area contributed by atoms with Crippen molar-refractivity contribution in [3.8, 4) is 5.75 Å². The van der Waals surface area contributed by atoms with E-state index < -0.39 is 0 Å². The highest BCUT2D eigenvalue weighted by atomic mass is 79.9. The molecule has 4 heteroatoms. The van der Waals surface area contributed by atoms with E-state index >= 15 is 0 Å². The topological polar surface area (TPSA) is 38.3 Å². The quantitative estimate of drug-likeness (QED) is 0.871. The molecule has 1 N–H and O–H groups in total. The number of ether oxygens (including phenoxy) is 1. The Morgan fingerprint density at radius 1 is 1.50 bits per heavy atom. The highest BCUT2D eigenvalue weighted by Gasteiger charge is 2.07. The van der Waals surface area contributed by atoms with Crippen LogP contribution in [0.5, 0.6) is 5.75 Å². The summed E-state index contributed by atoms with van der Waals surface area (Å²) in [6.07, 6.45) is 1.000. The Hall–Kier alpha value is -0.870. The maximum atomic E-state index is 11.6. The summed E-state index contributed by atoms with van der Waals surface area (Å²) < 4.78 is 6.08. The predicted octanol–water partition coefficient (Wildman–Crippen LogP) is 2.18. The summed E-state index contributed by atoms with van der Waals surface area (Å²) in [6.45, 7) is 0.723. The molecular weight excluding hydrogens is 270 g/mol. The van der Waals surface area contributed by atoms with E-state index in [2.05, 4.69) is 21.2 Å². The number of rotatable bonds is 6. The van der Waals surface area contributed by atoms with Crippen LogP contribution in [-0.2, 0) is 11.2 Å². The zero-order chi connectivity index (χ0) is 12.0. The fourth-order valence-corrected chi connectivity index (χ4v) is 1.77. The van der Waals surface area contributed by atoms with E-state index in [9.17, 15) is 4.79 Å². The molecule has 0 spiro atoms. The van der Waals surface area contributed by atoms with Gasteiger partial charge in [-0.2, -0.15) is 0 Å². The first-order valence-electron chi connectivity index (χ1n) is 5.16. The molecule has 0 radical (unpaired) electrons. The number of Topliss-reactive ketones (excluding diaryl/α,β-unsaturated/α-hetero) is 1. The molecule has 0 aliphatic carbocycles. The molecular formula is C12H16BrNO2. The first-order chi connectivity index (χ1) is 7.67. The standard InChI is InChI=1S/C12H16BrNO2/c1-14-6-5-10(15)7-9-8-11(16-2)3-4-12(9)13/h3-4,8,14H,5-7H2,1-2H3. The van der Waals surface area contributed by atoms with E-state index in [1.807, 2.05) is 25.2 Å². The fourth-order valence-electron chi connectivity index (χ4n) is 1.38. The minimum atomic E-state index is 0.225. The number of carbonyl (C=O) groups is 1. The molecule has 88 valence electrons. The van der Waals surface area contributed by atoms with Gasteiger partial charge < -0.3 is 10.1 Å². The van der Waals surface area contributed by atoms with Crippen molar-refractivity contribution in [2.75, 3.05) is 20.7 Å². The molecule has 0 unspecified atom stereocenters. The molecule has 1 rings (SSSR count). The molecule has 0 heterocycles. The number of carbonyl (C=O) groups excluding carboxylic acids is 1. The van der Waals surface area contributed by atoms with Crippen molar-refractivity contribution in [3.05, 3.63) is 28.2 Å². The number of nitrogens with one attached hydrogen (secondary N) is 1.